The molecule has 2 aromatic rings. The minimum absolute atomic E-state index is 0.0587. The second-order valence-corrected chi connectivity index (χ2v) is 8.44. The van der Waals surface area contributed by atoms with Gasteiger partial charge in [0.15, 0.2) is 5.84 Å². The van der Waals surface area contributed by atoms with Gasteiger partial charge in [-0.1, -0.05) is 18.5 Å². The van der Waals surface area contributed by atoms with Crippen LogP contribution in [0.15, 0.2) is 39.9 Å². The van der Waals surface area contributed by atoms with Crippen molar-refractivity contribution in [3.05, 3.63) is 57.4 Å². The quantitative estimate of drug-likeness (QED) is 0.696. The maximum Gasteiger partial charge on any atom is 0.283 e. The SMILES string of the molecule is CCC1=NN2C(=N)/C(=C\c3cc(C)n(-c4ccc(Cl)cc4C)c3C)C(=O)N=C2S1. The van der Waals surface area contributed by atoms with E-state index in [4.69, 9.17) is 17.0 Å². The topological polar surface area (TPSA) is 73.8 Å². The highest BCUT2D eigenvalue weighted by Crippen LogP contribution is 2.31. The minimum Gasteiger partial charge on any atom is -0.318 e. The normalized spacial score (nSPS) is 17.7. The third-order valence-corrected chi connectivity index (χ3v) is 6.26. The van der Waals surface area contributed by atoms with E-state index in [0.717, 1.165) is 39.7 Å². The van der Waals surface area contributed by atoms with Gasteiger partial charge < -0.3 is 4.57 Å². The molecule has 6 nitrogen and oxygen atoms in total. The van der Waals surface area contributed by atoms with Gasteiger partial charge in [-0.25, -0.2) is 0 Å². The summed E-state index contributed by atoms with van der Waals surface area (Å²) >= 11 is 7.45. The number of nitrogens with one attached hydrogen (secondary N) is 1. The minimum atomic E-state index is -0.409. The van der Waals surface area contributed by atoms with E-state index in [0.29, 0.717) is 10.2 Å². The lowest BCUT2D eigenvalue weighted by atomic mass is 10.1. The first kappa shape index (κ1) is 19.7. The van der Waals surface area contributed by atoms with Crippen molar-refractivity contribution in [2.45, 2.75) is 34.1 Å². The predicted molar refractivity (Wildman–Crippen MR) is 120 cm³/mol. The molecule has 29 heavy (non-hydrogen) atoms. The molecule has 8 heteroatoms. The Labute approximate surface area is 178 Å². The maximum atomic E-state index is 12.6. The highest BCUT2D eigenvalue weighted by molar-refractivity contribution is 8.26. The molecule has 1 amide bonds. The molecular formula is C21H20ClN5OS. The highest BCUT2D eigenvalue weighted by atomic mass is 35.5. The summed E-state index contributed by atoms with van der Waals surface area (Å²) in [6.07, 6.45) is 2.47. The van der Waals surface area contributed by atoms with Crippen molar-refractivity contribution in [3.8, 4) is 5.69 Å². The zero-order valence-electron chi connectivity index (χ0n) is 16.6. The van der Waals surface area contributed by atoms with Gasteiger partial charge >= 0.3 is 0 Å². The van der Waals surface area contributed by atoms with Crippen LogP contribution in [0.5, 0.6) is 0 Å². The van der Waals surface area contributed by atoms with Crippen LogP contribution in [0.1, 0.15) is 35.9 Å². The summed E-state index contributed by atoms with van der Waals surface area (Å²) in [4.78, 5) is 16.7. The number of hydrogen-bond acceptors (Lipinski definition) is 4. The zero-order valence-corrected chi connectivity index (χ0v) is 18.1. The average Bonchev–Trinajstić information content (AvgIpc) is 3.20. The second kappa shape index (κ2) is 7.31. The van der Waals surface area contributed by atoms with Crippen LogP contribution in [0.25, 0.3) is 11.8 Å². The number of aromatic nitrogens is 1. The van der Waals surface area contributed by atoms with Crippen LogP contribution in [0.2, 0.25) is 5.02 Å². The van der Waals surface area contributed by atoms with Crippen LogP contribution >= 0.6 is 23.4 Å². The highest BCUT2D eigenvalue weighted by Gasteiger charge is 2.35. The summed E-state index contributed by atoms with van der Waals surface area (Å²) in [5, 5.41) is 16.3. The van der Waals surface area contributed by atoms with E-state index in [1.807, 2.05) is 52.0 Å². The van der Waals surface area contributed by atoms with Gasteiger partial charge in [0, 0.05) is 22.1 Å². The largest absolute Gasteiger partial charge is 0.318 e. The Kier molecular flexibility index (Phi) is 4.96. The van der Waals surface area contributed by atoms with Gasteiger partial charge in [-0.3, -0.25) is 10.2 Å². The Morgan fingerprint density at radius 3 is 2.69 bits per heavy atom. The number of thioether (sulfide) groups is 1. The number of amides is 1. The molecule has 1 aromatic heterocycles. The summed E-state index contributed by atoms with van der Waals surface area (Å²) in [5.74, 6) is -0.350. The molecule has 0 saturated carbocycles. The van der Waals surface area contributed by atoms with Gasteiger partial charge in [-0.05, 0) is 80.4 Å². The van der Waals surface area contributed by atoms with E-state index in [1.54, 1.807) is 6.08 Å². The molecular weight excluding hydrogens is 406 g/mol. The molecule has 4 rings (SSSR count). The summed E-state index contributed by atoms with van der Waals surface area (Å²) in [5.41, 5.74) is 5.21. The number of aliphatic imine (C=N–C) groups is 1. The van der Waals surface area contributed by atoms with Crippen molar-refractivity contribution in [2.75, 3.05) is 0 Å². The Balaban J connectivity index is 1.77. The lowest BCUT2D eigenvalue weighted by Crippen LogP contribution is -2.35. The monoisotopic (exact) mass is 425 g/mol. The molecule has 0 spiro atoms. The number of aryl methyl sites for hydroxylation is 2. The number of nitrogens with zero attached hydrogens (tertiary/aromatic N) is 4. The first-order valence-electron chi connectivity index (χ1n) is 9.24. The molecule has 1 N–H and O–H groups in total. The smallest absolute Gasteiger partial charge is 0.283 e. The lowest BCUT2D eigenvalue weighted by molar-refractivity contribution is -0.114. The van der Waals surface area contributed by atoms with Crippen molar-refractivity contribution < 1.29 is 4.79 Å². The van der Waals surface area contributed by atoms with Crippen LogP contribution in [0.4, 0.5) is 0 Å². The number of amidine groups is 2. The van der Waals surface area contributed by atoms with Gasteiger partial charge in [-0.2, -0.15) is 15.1 Å². The third kappa shape index (κ3) is 3.34. The number of carbonyl (C=O) groups is 1. The summed E-state index contributed by atoms with van der Waals surface area (Å²) < 4.78 is 2.13. The molecule has 0 bridgehead atoms. The molecule has 0 unspecified atom stereocenters. The molecule has 0 saturated heterocycles. The number of benzene rings is 1. The summed E-state index contributed by atoms with van der Waals surface area (Å²) in [7, 11) is 0. The van der Waals surface area contributed by atoms with Crippen LogP contribution in [0, 0.1) is 26.2 Å². The van der Waals surface area contributed by atoms with Gasteiger partial charge in [0.05, 0.1) is 5.57 Å². The van der Waals surface area contributed by atoms with E-state index in [1.165, 1.54) is 16.8 Å². The van der Waals surface area contributed by atoms with E-state index in [-0.39, 0.29) is 11.4 Å². The Morgan fingerprint density at radius 1 is 1.24 bits per heavy atom. The number of hydrogen-bond donors (Lipinski definition) is 1. The number of hydrazone groups is 1. The molecule has 148 valence electrons. The Hall–Kier alpha value is -2.64. The van der Waals surface area contributed by atoms with Crippen LogP contribution in [0.3, 0.4) is 0 Å². The molecule has 2 aliphatic rings. The Bertz CT molecular complexity index is 1160. The zero-order chi connectivity index (χ0) is 20.9. The van der Waals surface area contributed by atoms with Crippen molar-refractivity contribution in [2.24, 2.45) is 10.1 Å². The van der Waals surface area contributed by atoms with Gasteiger partial charge in [0.1, 0.15) is 5.04 Å². The molecule has 0 aliphatic carbocycles. The number of rotatable bonds is 3. The van der Waals surface area contributed by atoms with Crippen LogP contribution in [-0.2, 0) is 4.79 Å². The van der Waals surface area contributed by atoms with Gasteiger partial charge in [0.2, 0.25) is 5.17 Å². The van der Waals surface area contributed by atoms with E-state index in [2.05, 4.69) is 14.7 Å². The molecule has 0 atom stereocenters. The van der Waals surface area contributed by atoms with Crippen molar-refractivity contribution in [1.29, 1.82) is 5.41 Å². The van der Waals surface area contributed by atoms with Crippen LogP contribution < -0.4 is 0 Å². The molecule has 0 fully saturated rings. The maximum absolute atomic E-state index is 12.6. The standard InChI is InChI=1S/C21H20ClN5OS/c1-5-18-25-27-19(23)16(20(28)24-21(27)29-18)10-14-9-12(3)26(13(14)4)17-7-6-15(22)8-11(17)2/h6-10,23H,5H2,1-4H3/b16-10+,23-19?. The third-order valence-electron chi connectivity index (χ3n) is 4.97. The van der Waals surface area contributed by atoms with Crippen LogP contribution in [-0.4, -0.2) is 31.5 Å². The summed E-state index contributed by atoms with van der Waals surface area (Å²) in [6.45, 7) is 8.02. The van der Waals surface area contributed by atoms with Crippen molar-refractivity contribution in [1.82, 2.24) is 9.58 Å². The van der Waals surface area contributed by atoms with Crippen molar-refractivity contribution in [3.63, 3.8) is 0 Å². The Morgan fingerprint density at radius 2 is 2.00 bits per heavy atom. The summed E-state index contributed by atoms with van der Waals surface area (Å²) in [6, 6.07) is 7.79. The fraction of sp³-hybridized carbons (Fsp3) is 0.238. The average molecular weight is 426 g/mol. The second-order valence-electron chi connectivity index (χ2n) is 6.96. The number of fused-ring (bicyclic) bond motifs is 1. The van der Waals surface area contributed by atoms with E-state index >= 15 is 0 Å². The first-order chi connectivity index (χ1) is 13.8. The lowest BCUT2D eigenvalue weighted by Gasteiger charge is -2.20. The number of halogens is 1. The molecule has 1 aromatic carbocycles. The predicted octanol–water partition coefficient (Wildman–Crippen LogP) is 5.09. The van der Waals surface area contributed by atoms with E-state index in [9.17, 15) is 4.79 Å². The fourth-order valence-electron chi connectivity index (χ4n) is 3.50. The van der Waals surface area contributed by atoms with Gasteiger partial charge in [-0.15, -0.1) is 0 Å². The first-order valence-corrected chi connectivity index (χ1v) is 10.4. The van der Waals surface area contributed by atoms with Crippen molar-refractivity contribution >= 4 is 51.4 Å². The fourth-order valence-corrected chi connectivity index (χ4v) is 4.56. The molecule has 2 aliphatic heterocycles. The van der Waals surface area contributed by atoms with E-state index < -0.39 is 5.91 Å². The molecule has 3 heterocycles. The van der Waals surface area contributed by atoms with Gasteiger partial charge in [0.25, 0.3) is 5.91 Å². The molecule has 0 radical (unpaired) electrons. The number of carbonyl (C=O) groups excluding carboxylic acids is 1.